The Morgan fingerprint density at radius 2 is 2.11 bits per heavy atom. The Morgan fingerprint density at radius 3 is 2.68 bits per heavy atom. The van der Waals surface area contributed by atoms with Gasteiger partial charge in [-0.25, -0.2) is 4.98 Å². The number of methoxy groups -OCH3 is 1. The normalized spacial score (nSPS) is 17.3. The summed E-state index contributed by atoms with van der Waals surface area (Å²) in [5, 5.41) is 3.00. The first-order valence-electron chi connectivity index (χ1n) is 6.22. The highest BCUT2D eigenvalue weighted by Gasteiger charge is 2.41. The van der Waals surface area contributed by atoms with Gasteiger partial charge in [-0.3, -0.25) is 0 Å². The van der Waals surface area contributed by atoms with Crippen molar-refractivity contribution in [3.05, 3.63) is 23.9 Å². The molecule has 1 heterocycles. The molecule has 1 aliphatic rings. The number of nitrogens with one attached hydrogen (secondary N) is 1. The minimum atomic E-state index is -4.40. The zero-order valence-corrected chi connectivity index (χ0v) is 10.8. The van der Waals surface area contributed by atoms with Crippen LogP contribution in [-0.2, 0) is 10.9 Å². The van der Waals surface area contributed by atoms with Crippen molar-refractivity contribution in [2.24, 2.45) is 5.41 Å². The van der Waals surface area contributed by atoms with E-state index in [1.807, 2.05) is 0 Å². The van der Waals surface area contributed by atoms with Gasteiger partial charge in [0.2, 0.25) is 0 Å². The van der Waals surface area contributed by atoms with Crippen molar-refractivity contribution in [3.63, 3.8) is 0 Å². The van der Waals surface area contributed by atoms with Gasteiger partial charge in [0.05, 0.1) is 0 Å². The Hall–Kier alpha value is -1.30. The fourth-order valence-corrected chi connectivity index (χ4v) is 1.98. The zero-order chi connectivity index (χ0) is 13.9. The van der Waals surface area contributed by atoms with Gasteiger partial charge in [0.1, 0.15) is 11.5 Å². The van der Waals surface area contributed by atoms with Gasteiger partial charge in [0, 0.05) is 20.3 Å². The molecule has 3 nitrogen and oxygen atoms in total. The van der Waals surface area contributed by atoms with Crippen LogP contribution in [0.25, 0.3) is 0 Å². The lowest BCUT2D eigenvalue weighted by atomic mass is 10.0. The lowest BCUT2D eigenvalue weighted by Gasteiger charge is -2.16. The number of ether oxygens (including phenoxy) is 1. The molecule has 1 N–H and O–H groups in total. The lowest BCUT2D eigenvalue weighted by Crippen LogP contribution is -2.18. The number of alkyl halides is 3. The molecule has 0 amide bonds. The molecule has 1 aromatic heterocycles. The van der Waals surface area contributed by atoms with E-state index in [0.717, 1.165) is 25.3 Å². The Labute approximate surface area is 110 Å². The van der Waals surface area contributed by atoms with E-state index < -0.39 is 11.9 Å². The summed E-state index contributed by atoms with van der Waals surface area (Å²) < 4.78 is 42.6. The SMILES string of the molecule is COCCC1(CNc2cccc(C(F)(F)F)n2)CC1. The Balaban J connectivity index is 1.93. The number of rotatable bonds is 6. The quantitative estimate of drug-likeness (QED) is 0.864. The number of hydrogen-bond donors (Lipinski definition) is 1. The third-order valence-electron chi connectivity index (χ3n) is 3.48. The van der Waals surface area contributed by atoms with Crippen LogP contribution in [0.5, 0.6) is 0 Å². The molecular weight excluding hydrogens is 257 g/mol. The van der Waals surface area contributed by atoms with E-state index in [4.69, 9.17) is 4.74 Å². The summed E-state index contributed by atoms with van der Waals surface area (Å²) in [4.78, 5) is 3.59. The molecule has 1 fully saturated rings. The first-order chi connectivity index (χ1) is 8.95. The van der Waals surface area contributed by atoms with Gasteiger partial charge in [-0.1, -0.05) is 6.07 Å². The molecule has 0 spiro atoms. The van der Waals surface area contributed by atoms with Crippen LogP contribution < -0.4 is 5.32 Å². The molecule has 1 aliphatic carbocycles. The van der Waals surface area contributed by atoms with Gasteiger partial charge in [-0.15, -0.1) is 0 Å². The molecular formula is C13H17F3N2O. The highest BCUT2D eigenvalue weighted by atomic mass is 19.4. The number of anilines is 1. The van der Waals surface area contributed by atoms with Gasteiger partial charge < -0.3 is 10.1 Å². The molecule has 0 radical (unpaired) electrons. The highest BCUT2D eigenvalue weighted by Crippen LogP contribution is 2.48. The molecule has 1 aromatic rings. The number of halogens is 3. The fraction of sp³-hybridized carbons (Fsp3) is 0.615. The van der Waals surface area contributed by atoms with Gasteiger partial charge >= 0.3 is 6.18 Å². The molecule has 0 aromatic carbocycles. The van der Waals surface area contributed by atoms with E-state index in [-0.39, 0.29) is 11.2 Å². The fourth-order valence-electron chi connectivity index (χ4n) is 1.98. The van der Waals surface area contributed by atoms with Crippen molar-refractivity contribution in [1.29, 1.82) is 0 Å². The van der Waals surface area contributed by atoms with Gasteiger partial charge in [-0.05, 0) is 36.8 Å². The maximum atomic E-state index is 12.5. The van der Waals surface area contributed by atoms with Crippen LogP contribution >= 0.6 is 0 Å². The van der Waals surface area contributed by atoms with E-state index in [1.165, 1.54) is 6.07 Å². The minimum absolute atomic E-state index is 0.173. The van der Waals surface area contributed by atoms with Crippen LogP contribution in [0.2, 0.25) is 0 Å². The van der Waals surface area contributed by atoms with Crippen LogP contribution in [0.3, 0.4) is 0 Å². The zero-order valence-electron chi connectivity index (χ0n) is 10.8. The van der Waals surface area contributed by atoms with Crippen LogP contribution in [0.15, 0.2) is 18.2 Å². The third kappa shape index (κ3) is 3.83. The van der Waals surface area contributed by atoms with Crippen molar-refractivity contribution >= 4 is 5.82 Å². The summed E-state index contributed by atoms with van der Waals surface area (Å²) in [5.74, 6) is 0.276. The Morgan fingerprint density at radius 1 is 1.37 bits per heavy atom. The van der Waals surface area contributed by atoms with Crippen molar-refractivity contribution in [2.45, 2.75) is 25.4 Å². The second kappa shape index (κ2) is 5.36. The monoisotopic (exact) mass is 274 g/mol. The van der Waals surface area contributed by atoms with Crippen molar-refractivity contribution < 1.29 is 17.9 Å². The molecule has 1 saturated carbocycles. The highest BCUT2D eigenvalue weighted by molar-refractivity contribution is 5.36. The summed E-state index contributed by atoms with van der Waals surface area (Å²) in [7, 11) is 1.65. The average molecular weight is 274 g/mol. The van der Waals surface area contributed by atoms with E-state index >= 15 is 0 Å². The number of hydrogen-bond acceptors (Lipinski definition) is 3. The topological polar surface area (TPSA) is 34.1 Å². The van der Waals surface area contributed by atoms with E-state index in [1.54, 1.807) is 13.2 Å². The number of pyridine rings is 1. The third-order valence-corrected chi connectivity index (χ3v) is 3.48. The molecule has 0 saturated heterocycles. The maximum absolute atomic E-state index is 12.5. The Bertz CT molecular complexity index is 430. The predicted molar refractivity (Wildman–Crippen MR) is 65.9 cm³/mol. The average Bonchev–Trinajstić information content (AvgIpc) is 3.14. The van der Waals surface area contributed by atoms with Crippen LogP contribution in [0.1, 0.15) is 25.0 Å². The van der Waals surface area contributed by atoms with Crippen LogP contribution in [0, 0.1) is 5.41 Å². The summed E-state index contributed by atoms with van der Waals surface area (Å²) >= 11 is 0. The predicted octanol–water partition coefficient (Wildman–Crippen LogP) is 3.33. The first-order valence-corrected chi connectivity index (χ1v) is 6.22. The second-order valence-electron chi connectivity index (χ2n) is 5.00. The van der Waals surface area contributed by atoms with E-state index in [2.05, 4.69) is 10.3 Å². The summed E-state index contributed by atoms with van der Waals surface area (Å²) in [6, 6.07) is 3.90. The molecule has 0 atom stereocenters. The molecule has 0 bridgehead atoms. The largest absolute Gasteiger partial charge is 0.433 e. The van der Waals surface area contributed by atoms with Gasteiger partial charge in [0.25, 0.3) is 0 Å². The van der Waals surface area contributed by atoms with E-state index in [0.29, 0.717) is 13.2 Å². The molecule has 0 unspecified atom stereocenters. The van der Waals surface area contributed by atoms with Gasteiger partial charge in [-0.2, -0.15) is 13.2 Å². The standard InChI is InChI=1S/C13H17F3N2O/c1-19-8-7-12(5-6-12)9-17-11-4-2-3-10(18-11)13(14,15)16/h2-4H,5-9H2,1H3,(H,17,18). The maximum Gasteiger partial charge on any atom is 0.433 e. The molecule has 106 valence electrons. The van der Waals surface area contributed by atoms with Crippen molar-refractivity contribution in [2.75, 3.05) is 25.6 Å². The van der Waals surface area contributed by atoms with Gasteiger partial charge in [0.15, 0.2) is 0 Å². The Kier molecular flexibility index (Phi) is 3.99. The molecule has 19 heavy (non-hydrogen) atoms. The summed E-state index contributed by atoms with van der Waals surface area (Å²) in [6.45, 7) is 1.32. The molecule has 0 aliphatic heterocycles. The molecule has 6 heteroatoms. The number of nitrogens with zero attached hydrogens (tertiary/aromatic N) is 1. The number of aromatic nitrogens is 1. The van der Waals surface area contributed by atoms with E-state index in [9.17, 15) is 13.2 Å². The summed E-state index contributed by atoms with van der Waals surface area (Å²) in [6.07, 6.45) is -1.30. The first kappa shape index (κ1) is 14.1. The smallest absolute Gasteiger partial charge is 0.385 e. The van der Waals surface area contributed by atoms with Crippen LogP contribution in [0.4, 0.5) is 19.0 Å². The van der Waals surface area contributed by atoms with Crippen LogP contribution in [-0.4, -0.2) is 25.2 Å². The van der Waals surface area contributed by atoms with Crippen molar-refractivity contribution in [1.82, 2.24) is 4.98 Å². The lowest BCUT2D eigenvalue weighted by molar-refractivity contribution is -0.141. The van der Waals surface area contributed by atoms with Crippen molar-refractivity contribution in [3.8, 4) is 0 Å². The summed E-state index contributed by atoms with van der Waals surface area (Å²) in [5.41, 5.74) is -0.689. The molecule has 2 rings (SSSR count). The minimum Gasteiger partial charge on any atom is -0.385 e. The second-order valence-corrected chi connectivity index (χ2v) is 5.00.